The van der Waals surface area contributed by atoms with Crippen LogP contribution in [0.3, 0.4) is 0 Å². The lowest BCUT2D eigenvalue weighted by molar-refractivity contribution is -0.109. The van der Waals surface area contributed by atoms with Crippen LogP contribution in [0.5, 0.6) is 0 Å². The molecule has 1 heterocycles. The van der Waals surface area contributed by atoms with E-state index in [9.17, 15) is 4.79 Å². The topological polar surface area (TPSA) is 34.9 Å². The molecule has 0 saturated carbocycles. The van der Waals surface area contributed by atoms with E-state index in [1.807, 2.05) is 30.3 Å². The zero-order valence-electron chi connectivity index (χ0n) is 8.41. The second-order valence-corrected chi connectivity index (χ2v) is 6.02. The summed E-state index contributed by atoms with van der Waals surface area (Å²) in [5.41, 5.74) is 0.916. The number of benzene rings is 1. The van der Waals surface area contributed by atoms with E-state index in [0.29, 0.717) is 8.29 Å². The van der Waals surface area contributed by atoms with Crippen molar-refractivity contribution in [2.75, 3.05) is 0 Å². The summed E-state index contributed by atoms with van der Waals surface area (Å²) in [6, 6.07) is 9.64. The Kier molecular flexibility index (Phi) is 3.52. The van der Waals surface area contributed by atoms with Crippen molar-refractivity contribution in [3.05, 3.63) is 34.3 Å². The summed E-state index contributed by atoms with van der Waals surface area (Å²) in [5.74, 6) is 0. The van der Waals surface area contributed by atoms with Gasteiger partial charge in [0.1, 0.15) is 0 Å². The van der Waals surface area contributed by atoms with Crippen molar-refractivity contribution in [2.24, 2.45) is 0 Å². The molecule has 0 aliphatic heterocycles. The first-order chi connectivity index (χ1) is 7.66. The summed E-state index contributed by atoms with van der Waals surface area (Å²) < 4.78 is 3.00. The minimum Gasteiger partial charge on any atom is -0.287 e. The molecule has 1 aromatic carbocycles. The first kappa shape index (κ1) is 11.5. The number of hydrogen-bond acceptors (Lipinski definition) is 5. The summed E-state index contributed by atoms with van der Waals surface area (Å²) >= 11 is 7.66. The van der Waals surface area contributed by atoms with E-state index in [2.05, 4.69) is 5.10 Å². The Morgan fingerprint density at radius 2 is 2.12 bits per heavy atom. The number of carbonyl (C=O) groups excluding carboxylic acids is 1. The number of aromatic nitrogens is 2. The molecule has 1 aromatic heterocycles. The molecule has 0 spiro atoms. The Morgan fingerprint density at radius 3 is 2.75 bits per heavy atom. The molecule has 2 aromatic rings. The maximum absolute atomic E-state index is 11.0. The smallest absolute Gasteiger partial charge is 0.192 e. The molecule has 3 nitrogen and oxygen atoms in total. The van der Waals surface area contributed by atoms with Gasteiger partial charge in [0.05, 0.1) is 5.69 Å². The molecule has 16 heavy (non-hydrogen) atoms. The highest BCUT2D eigenvalue weighted by Crippen LogP contribution is 2.24. The van der Waals surface area contributed by atoms with Crippen LogP contribution in [0.15, 0.2) is 34.7 Å². The van der Waals surface area contributed by atoms with Crippen molar-refractivity contribution in [3.63, 3.8) is 0 Å². The van der Waals surface area contributed by atoms with Crippen molar-refractivity contribution in [1.82, 2.24) is 9.78 Å². The summed E-state index contributed by atoms with van der Waals surface area (Å²) in [7, 11) is 0. The van der Waals surface area contributed by atoms with Crippen molar-refractivity contribution in [2.45, 2.75) is 11.3 Å². The third kappa shape index (κ3) is 2.58. The third-order valence-electron chi connectivity index (χ3n) is 1.76. The molecule has 0 unspecified atom stereocenters. The Balaban J connectivity index is 2.40. The minimum absolute atomic E-state index is 0.0176. The zero-order chi connectivity index (χ0) is 11.5. The Bertz CT molecular complexity index is 559. The van der Waals surface area contributed by atoms with Crippen LogP contribution in [0.1, 0.15) is 6.92 Å². The van der Waals surface area contributed by atoms with Gasteiger partial charge in [0.2, 0.25) is 0 Å². The monoisotopic (exact) mass is 268 g/mol. The molecule has 0 saturated heterocycles. The second kappa shape index (κ2) is 4.90. The molecule has 0 radical (unpaired) electrons. The van der Waals surface area contributed by atoms with E-state index >= 15 is 0 Å². The van der Waals surface area contributed by atoms with Gasteiger partial charge in [-0.3, -0.25) is 4.79 Å². The van der Waals surface area contributed by atoms with Crippen LogP contribution in [0, 0.1) is 3.95 Å². The predicted molar refractivity (Wildman–Crippen MR) is 68.8 cm³/mol. The molecule has 6 heteroatoms. The highest BCUT2D eigenvalue weighted by Gasteiger charge is 2.07. The van der Waals surface area contributed by atoms with E-state index in [0.717, 1.165) is 17.4 Å². The van der Waals surface area contributed by atoms with Gasteiger partial charge in [-0.05, 0) is 36.1 Å². The molecular formula is C10H8N2OS3. The summed E-state index contributed by atoms with van der Waals surface area (Å²) in [6.45, 7) is 1.52. The lowest BCUT2D eigenvalue weighted by atomic mass is 10.3. The van der Waals surface area contributed by atoms with Crippen LogP contribution in [-0.4, -0.2) is 14.9 Å². The van der Waals surface area contributed by atoms with Crippen LogP contribution >= 0.6 is 35.3 Å². The molecule has 2 rings (SSSR count). The molecule has 0 atom stereocenters. The normalized spacial score (nSPS) is 10.3. The van der Waals surface area contributed by atoms with Gasteiger partial charge in [-0.15, -0.1) is 5.10 Å². The molecular weight excluding hydrogens is 260 g/mol. The minimum atomic E-state index is 0.0176. The Morgan fingerprint density at radius 1 is 1.44 bits per heavy atom. The van der Waals surface area contributed by atoms with Gasteiger partial charge in [-0.25, -0.2) is 4.68 Å². The molecule has 0 aliphatic rings. The van der Waals surface area contributed by atoms with Crippen LogP contribution in [0.25, 0.3) is 5.69 Å². The average Bonchev–Trinajstić information content (AvgIpc) is 2.60. The van der Waals surface area contributed by atoms with Crippen molar-refractivity contribution in [1.29, 1.82) is 0 Å². The number of nitrogens with zero attached hydrogens (tertiary/aromatic N) is 2. The Hall–Kier alpha value is -0.980. The van der Waals surface area contributed by atoms with Crippen LogP contribution in [0.4, 0.5) is 0 Å². The summed E-state index contributed by atoms with van der Waals surface area (Å²) in [5, 5.41) is 4.31. The quantitative estimate of drug-likeness (QED) is 0.618. The number of hydrogen-bond donors (Lipinski definition) is 0. The SMILES string of the molecule is CC(=O)Sc1nn(-c2ccccc2)c(=S)s1. The van der Waals surface area contributed by atoms with E-state index in [1.165, 1.54) is 18.3 Å². The molecule has 0 aliphatic carbocycles. The first-order valence-electron chi connectivity index (χ1n) is 4.51. The number of thioether (sulfide) groups is 1. The molecule has 0 amide bonds. The average molecular weight is 268 g/mol. The third-order valence-corrected chi connectivity index (χ3v) is 3.83. The maximum Gasteiger partial charge on any atom is 0.192 e. The predicted octanol–water partition coefficient (Wildman–Crippen LogP) is 3.30. The number of para-hydroxylation sites is 1. The summed E-state index contributed by atoms with van der Waals surface area (Å²) in [6.07, 6.45) is 0. The standard InChI is InChI=1S/C10H8N2OS3/c1-7(13)15-9-11-12(10(14)16-9)8-5-3-2-4-6-8/h2-6H,1H3. The lowest BCUT2D eigenvalue weighted by Crippen LogP contribution is -1.95. The van der Waals surface area contributed by atoms with Gasteiger partial charge in [0.25, 0.3) is 0 Å². The number of rotatable bonds is 2. The van der Waals surface area contributed by atoms with Crippen LogP contribution in [-0.2, 0) is 4.79 Å². The van der Waals surface area contributed by atoms with Crippen molar-refractivity contribution < 1.29 is 4.79 Å². The molecule has 0 N–H and O–H groups in total. The molecule has 0 bridgehead atoms. The maximum atomic E-state index is 11.0. The van der Waals surface area contributed by atoms with Gasteiger partial charge >= 0.3 is 0 Å². The largest absolute Gasteiger partial charge is 0.287 e. The fraction of sp³-hybridized carbons (Fsp3) is 0.100. The fourth-order valence-corrected chi connectivity index (χ4v) is 3.33. The molecule has 82 valence electrons. The van der Waals surface area contributed by atoms with Gasteiger partial charge in [0, 0.05) is 6.92 Å². The van der Waals surface area contributed by atoms with E-state index in [1.54, 1.807) is 4.68 Å². The van der Waals surface area contributed by atoms with Gasteiger partial charge < -0.3 is 0 Å². The second-order valence-electron chi connectivity index (χ2n) is 2.97. The van der Waals surface area contributed by atoms with Gasteiger partial charge in [0.15, 0.2) is 13.4 Å². The van der Waals surface area contributed by atoms with E-state index in [-0.39, 0.29) is 5.12 Å². The van der Waals surface area contributed by atoms with Crippen LogP contribution in [0.2, 0.25) is 0 Å². The first-order valence-corrected chi connectivity index (χ1v) is 6.55. The van der Waals surface area contributed by atoms with Crippen LogP contribution < -0.4 is 0 Å². The van der Waals surface area contributed by atoms with Crippen molar-refractivity contribution >= 4 is 40.4 Å². The highest BCUT2D eigenvalue weighted by atomic mass is 32.2. The fourth-order valence-electron chi connectivity index (χ4n) is 1.16. The lowest BCUT2D eigenvalue weighted by Gasteiger charge is -1.98. The highest BCUT2D eigenvalue weighted by molar-refractivity contribution is 8.14. The summed E-state index contributed by atoms with van der Waals surface area (Å²) in [4.78, 5) is 11.0. The van der Waals surface area contributed by atoms with E-state index < -0.39 is 0 Å². The Labute approximate surface area is 106 Å². The number of carbonyl (C=O) groups is 1. The van der Waals surface area contributed by atoms with E-state index in [4.69, 9.17) is 12.2 Å². The van der Waals surface area contributed by atoms with Gasteiger partial charge in [-0.2, -0.15) is 0 Å². The zero-order valence-corrected chi connectivity index (χ0v) is 10.9. The van der Waals surface area contributed by atoms with Crippen molar-refractivity contribution in [3.8, 4) is 5.69 Å². The van der Waals surface area contributed by atoms with Gasteiger partial charge in [-0.1, -0.05) is 29.5 Å². The molecule has 0 fully saturated rings.